The number of esters is 1. The second-order valence-corrected chi connectivity index (χ2v) is 7.03. The van der Waals surface area contributed by atoms with Gasteiger partial charge in [0, 0.05) is 11.2 Å². The second-order valence-electron chi connectivity index (χ2n) is 5.34. The number of rotatable bonds is 5. The van der Waals surface area contributed by atoms with Crippen molar-refractivity contribution < 1.29 is 9.53 Å². The van der Waals surface area contributed by atoms with Crippen LogP contribution in [-0.4, -0.2) is 20.7 Å². The number of nitrogens with zero attached hydrogens (tertiary/aromatic N) is 3. The number of hydrogen-bond acceptors (Lipinski definition) is 5. The third-order valence-corrected chi connectivity index (χ3v) is 4.91. The fourth-order valence-corrected chi connectivity index (χ4v) is 3.32. The van der Waals surface area contributed by atoms with Crippen molar-refractivity contribution in [2.24, 2.45) is 0 Å². The molecule has 0 bridgehead atoms. The lowest BCUT2D eigenvalue weighted by Crippen LogP contribution is -2.05. The summed E-state index contributed by atoms with van der Waals surface area (Å²) in [4.78, 5) is 17.4. The van der Waals surface area contributed by atoms with E-state index >= 15 is 0 Å². The van der Waals surface area contributed by atoms with Crippen molar-refractivity contribution in [2.75, 3.05) is 0 Å². The smallest absolute Gasteiger partial charge is 0.341 e. The zero-order chi connectivity index (χ0) is 17.1. The normalized spacial score (nSPS) is 10.8. The van der Waals surface area contributed by atoms with Gasteiger partial charge in [-0.3, -0.25) is 4.68 Å². The minimum absolute atomic E-state index is 0.228. The van der Waals surface area contributed by atoms with E-state index in [0.29, 0.717) is 17.1 Å². The summed E-state index contributed by atoms with van der Waals surface area (Å²) in [6, 6.07) is 7.55. The van der Waals surface area contributed by atoms with Crippen molar-refractivity contribution in [3.63, 3.8) is 0 Å². The largest absolute Gasteiger partial charge is 0.456 e. The Balaban J connectivity index is 1.63. The van der Waals surface area contributed by atoms with Crippen LogP contribution in [0.5, 0.6) is 0 Å². The van der Waals surface area contributed by atoms with Crippen molar-refractivity contribution in [3.8, 4) is 0 Å². The molecule has 2 aromatic heterocycles. The van der Waals surface area contributed by atoms with Gasteiger partial charge in [-0.25, -0.2) is 9.78 Å². The molecule has 0 N–H and O–H groups in total. The SMILES string of the molecule is Cc1nc(C)c(COC(=O)c2cnn(Cc3ccccc3Cl)c2)s1. The minimum Gasteiger partial charge on any atom is -0.456 e. The maximum atomic E-state index is 12.2. The van der Waals surface area contributed by atoms with Gasteiger partial charge in [-0.15, -0.1) is 11.3 Å². The molecule has 0 saturated carbocycles. The third kappa shape index (κ3) is 3.83. The summed E-state index contributed by atoms with van der Waals surface area (Å²) in [7, 11) is 0. The van der Waals surface area contributed by atoms with E-state index in [1.54, 1.807) is 10.9 Å². The van der Waals surface area contributed by atoms with E-state index in [2.05, 4.69) is 10.1 Å². The molecule has 2 heterocycles. The molecular weight excluding hydrogens is 346 g/mol. The summed E-state index contributed by atoms with van der Waals surface area (Å²) in [5.41, 5.74) is 2.26. The van der Waals surface area contributed by atoms with E-state index in [0.717, 1.165) is 21.1 Å². The van der Waals surface area contributed by atoms with Gasteiger partial charge in [0.15, 0.2) is 0 Å². The molecule has 124 valence electrons. The van der Waals surface area contributed by atoms with Crippen molar-refractivity contribution in [2.45, 2.75) is 27.0 Å². The first-order valence-electron chi connectivity index (χ1n) is 7.39. The second kappa shape index (κ2) is 7.15. The molecule has 0 spiro atoms. The predicted octanol–water partition coefficient (Wildman–Crippen LogP) is 4.02. The lowest BCUT2D eigenvalue weighted by Gasteiger charge is -2.04. The van der Waals surface area contributed by atoms with Crippen LogP contribution in [0, 0.1) is 13.8 Å². The van der Waals surface area contributed by atoms with Crippen molar-refractivity contribution in [3.05, 3.63) is 68.4 Å². The first kappa shape index (κ1) is 16.7. The molecule has 5 nitrogen and oxygen atoms in total. The molecule has 0 amide bonds. The summed E-state index contributed by atoms with van der Waals surface area (Å²) < 4.78 is 7.01. The molecule has 0 unspecified atom stereocenters. The molecule has 0 radical (unpaired) electrons. The van der Waals surface area contributed by atoms with Crippen molar-refractivity contribution in [1.29, 1.82) is 0 Å². The van der Waals surface area contributed by atoms with Gasteiger partial charge in [0.25, 0.3) is 0 Å². The Morgan fingerprint density at radius 1 is 1.33 bits per heavy atom. The Bertz CT molecular complexity index is 872. The third-order valence-electron chi connectivity index (χ3n) is 3.49. The number of carbonyl (C=O) groups excluding carboxylic acids is 1. The molecule has 3 rings (SSSR count). The number of aromatic nitrogens is 3. The number of ether oxygens (including phenoxy) is 1. The van der Waals surface area contributed by atoms with Crippen LogP contribution in [0.25, 0.3) is 0 Å². The molecule has 0 aliphatic carbocycles. The van der Waals surface area contributed by atoms with Crippen LogP contribution < -0.4 is 0 Å². The highest BCUT2D eigenvalue weighted by atomic mass is 35.5. The highest BCUT2D eigenvalue weighted by molar-refractivity contribution is 7.11. The summed E-state index contributed by atoms with van der Waals surface area (Å²) >= 11 is 7.68. The van der Waals surface area contributed by atoms with Crippen LogP contribution >= 0.6 is 22.9 Å². The fourth-order valence-electron chi connectivity index (χ4n) is 2.28. The molecule has 0 aliphatic rings. The Labute approximate surface area is 148 Å². The average molecular weight is 362 g/mol. The molecule has 7 heteroatoms. The highest BCUT2D eigenvalue weighted by Gasteiger charge is 2.13. The Kier molecular flexibility index (Phi) is 4.97. The number of aryl methyl sites for hydroxylation is 2. The molecule has 1 aromatic carbocycles. The molecule has 0 saturated heterocycles. The minimum atomic E-state index is -0.397. The summed E-state index contributed by atoms with van der Waals surface area (Å²) in [6.45, 7) is 4.57. The van der Waals surface area contributed by atoms with E-state index in [1.165, 1.54) is 17.5 Å². The van der Waals surface area contributed by atoms with Gasteiger partial charge < -0.3 is 4.74 Å². The Morgan fingerprint density at radius 2 is 2.12 bits per heavy atom. The van der Waals surface area contributed by atoms with Crippen LogP contribution in [0.15, 0.2) is 36.7 Å². The molecule has 0 aliphatic heterocycles. The topological polar surface area (TPSA) is 57.0 Å². The number of hydrogen-bond donors (Lipinski definition) is 0. The van der Waals surface area contributed by atoms with Gasteiger partial charge in [-0.1, -0.05) is 29.8 Å². The zero-order valence-corrected chi connectivity index (χ0v) is 14.9. The maximum absolute atomic E-state index is 12.2. The monoisotopic (exact) mass is 361 g/mol. The van der Waals surface area contributed by atoms with Gasteiger partial charge >= 0.3 is 5.97 Å². The van der Waals surface area contributed by atoms with Crippen molar-refractivity contribution in [1.82, 2.24) is 14.8 Å². The standard InChI is InChI=1S/C17H16ClN3O2S/c1-11-16(24-12(2)20-11)10-23-17(22)14-7-19-21(9-14)8-13-5-3-4-6-15(13)18/h3-7,9H,8,10H2,1-2H3. The molecule has 24 heavy (non-hydrogen) atoms. The Hall–Kier alpha value is -2.18. The van der Waals surface area contributed by atoms with Crippen molar-refractivity contribution >= 4 is 28.9 Å². The lowest BCUT2D eigenvalue weighted by atomic mass is 10.2. The van der Waals surface area contributed by atoms with Crippen LogP contribution in [0.2, 0.25) is 5.02 Å². The molecular formula is C17H16ClN3O2S. The fraction of sp³-hybridized carbons (Fsp3) is 0.235. The van der Waals surface area contributed by atoms with E-state index in [4.69, 9.17) is 16.3 Å². The van der Waals surface area contributed by atoms with E-state index in [-0.39, 0.29) is 6.61 Å². The lowest BCUT2D eigenvalue weighted by molar-refractivity contribution is 0.0476. The van der Waals surface area contributed by atoms with Gasteiger partial charge in [0.05, 0.1) is 33.9 Å². The summed E-state index contributed by atoms with van der Waals surface area (Å²) in [5.74, 6) is -0.397. The van der Waals surface area contributed by atoms with Crippen LogP contribution in [0.1, 0.15) is 31.5 Å². The van der Waals surface area contributed by atoms with Gasteiger partial charge in [-0.2, -0.15) is 5.10 Å². The number of halogens is 1. The summed E-state index contributed by atoms with van der Waals surface area (Å²) in [6.07, 6.45) is 3.17. The van der Waals surface area contributed by atoms with Crippen LogP contribution in [-0.2, 0) is 17.9 Å². The highest BCUT2D eigenvalue weighted by Crippen LogP contribution is 2.19. The van der Waals surface area contributed by atoms with Crippen LogP contribution in [0.3, 0.4) is 0 Å². The summed E-state index contributed by atoms with van der Waals surface area (Å²) in [5, 5.41) is 5.84. The quantitative estimate of drug-likeness (QED) is 0.644. The van der Waals surface area contributed by atoms with E-state index < -0.39 is 5.97 Å². The van der Waals surface area contributed by atoms with Gasteiger partial charge in [0.1, 0.15) is 6.61 Å². The average Bonchev–Trinajstić information content (AvgIpc) is 3.14. The van der Waals surface area contributed by atoms with Crippen LogP contribution in [0.4, 0.5) is 0 Å². The number of benzene rings is 1. The van der Waals surface area contributed by atoms with E-state index in [1.807, 2.05) is 38.1 Å². The predicted molar refractivity (Wildman–Crippen MR) is 93.5 cm³/mol. The first-order valence-corrected chi connectivity index (χ1v) is 8.58. The maximum Gasteiger partial charge on any atom is 0.341 e. The molecule has 0 atom stereocenters. The molecule has 0 fully saturated rings. The van der Waals surface area contributed by atoms with E-state index in [9.17, 15) is 4.79 Å². The van der Waals surface area contributed by atoms with Gasteiger partial charge in [0.2, 0.25) is 0 Å². The first-order chi connectivity index (χ1) is 11.5. The zero-order valence-electron chi connectivity index (χ0n) is 13.3. The Morgan fingerprint density at radius 3 is 2.83 bits per heavy atom. The molecule has 3 aromatic rings. The number of carbonyl (C=O) groups is 1. The number of thiazole rings is 1. The van der Waals surface area contributed by atoms with Gasteiger partial charge in [-0.05, 0) is 25.5 Å².